The average molecular weight is 319 g/mol. The number of amides is 1. The van der Waals surface area contributed by atoms with Gasteiger partial charge in [-0.15, -0.1) is 0 Å². The average Bonchev–Trinajstić information content (AvgIpc) is 2.23. The highest BCUT2D eigenvalue weighted by Crippen LogP contribution is 2.15. The predicted molar refractivity (Wildman–Crippen MR) is 76.1 cm³/mol. The van der Waals surface area contributed by atoms with E-state index in [-0.39, 0.29) is 10.7 Å². The Morgan fingerprint density at radius 2 is 2.06 bits per heavy atom. The molecule has 1 aromatic carbocycles. The molecule has 0 heterocycles. The second-order valence-electron chi connectivity index (χ2n) is 4.49. The summed E-state index contributed by atoms with van der Waals surface area (Å²) in [4.78, 5) is 12.2. The Morgan fingerprint density at radius 1 is 1.41 bits per heavy atom. The molecular weight excluding hydrogens is 302 g/mol. The van der Waals surface area contributed by atoms with Crippen LogP contribution in [0.15, 0.2) is 18.2 Å². The van der Waals surface area contributed by atoms with Gasteiger partial charge < -0.3 is 5.32 Å². The summed E-state index contributed by atoms with van der Waals surface area (Å²) in [6, 6.07) is 5.35. The largest absolute Gasteiger partial charge is 0.351 e. The first kappa shape index (κ1) is 14.5. The van der Waals surface area contributed by atoms with Gasteiger partial charge in [0.05, 0.1) is 0 Å². The van der Waals surface area contributed by atoms with Crippen molar-refractivity contribution in [3.8, 4) is 0 Å². The van der Waals surface area contributed by atoms with E-state index < -0.39 is 0 Å². The molecule has 1 atom stereocenters. The molecule has 4 heteroatoms. The number of benzene rings is 1. The molecule has 17 heavy (non-hydrogen) atoms. The number of hydrogen-bond acceptors (Lipinski definition) is 1. The van der Waals surface area contributed by atoms with Crippen LogP contribution < -0.4 is 5.32 Å². The van der Waals surface area contributed by atoms with E-state index in [1.54, 1.807) is 6.07 Å². The minimum atomic E-state index is -0.0827. The van der Waals surface area contributed by atoms with E-state index in [1.807, 2.05) is 19.1 Å². The molecule has 0 saturated heterocycles. The summed E-state index contributed by atoms with van der Waals surface area (Å²) >= 11 is 9.45. The van der Waals surface area contributed by atoms with Gasteiger partial charge >= 0.3 is 0 Å². The third-order valence-corrected chi connectivity index (χ3v) is 4.08. The van der Waals surface area contributed by atoms with Crippen molar-refractivity contribution in [2.75, 3.05) is 6.54 Å². The molecule has 0 aliphatic heterocycles. The van der Waals surface area contributed by atoms with Gasteiger partial charge in [-0.1, -0.05) is 41.4 Å². The molecule has 0 aliphatic carbocycles. The molecule has 0 fully saturated rings. The maximum atomic E-state index is 11.9. The third-order valence-electron chi connectivity index (χ3n) is 2.49. The SMILES string of the molecule is Cc1cc(Cl)cc(C(=O)NCC(Br)C(C)C)c1. The van der Waals surface area contributed by atoms with E-state index in [2.05, 4.69) is 35.1 Å². The lowest BCUT2D eigenvalue weighted by molar-refractivity contribution is 0.0953. The molecule has 1 aromatic rings. The van der Waals surface area contributed by atoms with E-state index in [4.69, 9.17) is 11.6 Å². The van der Waals surface area contributed by atoms with Crippen LogP contribution in [-0.4, -0.2) is 17.3 Å². The number of carbonyl (C=O) groups excluding carboxylic acids is 1. The Kier molecular flexibility index (Phi) is 5.47. The summed E-state index contributed by atoms with van der Waals surface area (Å²) in [5.41, 5.74) is 1.60. The van der Waals surface area contributed by atoms with Crippen LogP contribution in [0.1, 0.15) is 29.8 Å². The summed E-state index contributed by atoms with van der Waals surface area (Å²) < 4.78 is 0. The first-order chi connectivity index (χ1) is 7.90. The molecule has 94 valence electrons. The Morgan fingerprint density at radius 3 is 2.59 bits per heavy atom. The van der Waals surface area contributed by atoms with Crippen molar-refractivity contribution in [3.63, 3.8) is 0 Å². The van der Waals surface area contributed by atoms with Crippen molar-refractivity contribution in [2.45, 2.75) is 25.6 Å². The number of rotatable bonds is 4. The Bertz CT molecular complexity index is 386. The highest BCUT2D eigenvalue weighted by atomic mass is 79.9. The van der Waals surface area contributed by atoms with Crippen molar-refractivity contribution in [1.29, 1.82) is 0 Å². The van der Waals surface area contributed by atoms with Crippen LogP contribution in [-0.2, 0) is 0 Å². The molecule has 2 nitrogen and oxygen atoms in total. The molecule has 0 bridgehead atoms. The standard InChI is InChI=1S/C13H17BrClNO/c1-8(2)12(14)7-16-13(17)10-4-9(3)5-11(15)6-10/h4-6,8,12H,7H2,1-3H3,(H,16,17). The van der Waals surface area contributed by atoms with Crippen LogP contribution in [0.2, 0.25) is 5.02 Å². The van der Waals surface area contributed by atoms with E-state index in [0.29, 0.717) is 23.0 Å². The van der Waals surface area contributed by atoms with Gasteiger partial charge in [0.1, 0.15) is 0 Å². The number of alkyl halides is 1. The molecule has 0 aromatic heterocycles. The van der Waals surface area contributed by atoms with Crippen LogP contribution in [0.3, 0.4) is 0 Å². The fraction of sp³-hybridized carbons (Fsp3) is 0.462. The van der Waals surface area contributed by atoms with E-state index >= 15 is 0 Å². The maximum Gasteiger partial charge on any atom is 0.251 e. The van der Waals surface area contributed by atoms with Gasteiger partial charge in [-0.3, -0.25) is 4.79 Å². The molecule has 1 amide bonds. The first-order valence-corrected chi connectivity index (χ1v) is 6.89. The van der Waals surface area contributed by atoms with Crippen LogP contribution in [0.4, 0.5) is 0 Å². The zero-order valence-electron chi connectivity index (χ0n) is 10.3. The van der Waals surface area contributed by atoms with Crippen LogP contribution in [0.25, 0.3) is 0 Å². The fourth-order valence-electron chi connectivity index (χ4n) is 1.40. The lowest BCUT2D eigenvalue weighted by Gasteiger charge is -2.14. The normalized spacial score (nSPS) is 12.6. The van der Waals surface area contributed by atoms with Crippen LogP contribution in [0.5, 0.6) is 0 Å². The Balaban J connectivity index is 2.64. The molecule has 1 rings (SSSR count). The smallest absolute Gasteiger partial charge is 0.251 e. The van der Waals surface area contributed by atoms with Crippen molar-refractivity contribution in [1.82, 2.24) is 5.32 Å². The Labute approximate surface area is 116 Å². The summed E-state index contributed by atoms with van der Waals surface area (Å²) in [6.07, 6.45) is 0. The summed E-state index contributed by atoms with van der Waals surface area (Å²) in [5.74, 6) is 0.400. The summed E-state index contributed by atoms with van der Waals surface area (Å²) in [6.45, 7) is 6.75. The number of halogens is 2. The number of aryl methyl sites for hydroxylation is 1. The molecule has 1 N–H and O–H groups in total. The molecule has 0 aliphatic rings. The van der Waals surface area contributed by atoms with Gasteiger partial charge in [0.15, 0.2) is 0 Å². The van der Waals surface area contributed by atoms with Gasteiger partial charge in [0.25, 0.3) is 5.91 Å². The van der Waals surface area contributed by atoms with Crippen LogP contribution >= 0.6 is 27.5 Å². The molecule has 0 saturated carbocycles. The first-order valence-electron chi connectivity index (χ1n) is 5.59. The molecular formula is C13H17BrClNO. The predicted octanol–water partition coefficient (Wildman–Crippen LogP) is 3.80. The van der Waals surface area contributed by atoms with Crippen LogP contribution in [0, 0.1) is 12.8 Å². The Hall–Kier alpha value is -0.540. The summed E-state index contributed by atoms with van der Waals surface area (Å²) in [5, 5.41) is 3.48. The van der Waals surface area contributed by atoms with Gasteiger partial charge in [-0.05, 0) is 36.6 Å². The van der Waals surface area contributed by atoms with E-state index in [0.717, 1.165) is 5.56 Å². The molecule has 0 radical (unpaired) electrons. The zero-order valence-corrected chi connectivity index (χ0v) is 12.6. The summed E-state index contributed by atoms with van der Waals surface area (Å²) in [7, 11) is 0. The lowest BCUT2D eigenvalue weighted by atomic mass is 10.1. The maximum absolute atomic E-state index is 11.9. The highest BCUT2D eigenvalue weighted by Gasteiger charge is 2.12. The number of hydrogen-bond donors (Lipinski definition) is 1. The van der Waals surface area contributed by atoms with Crippen molar-refractivity contribution in [2.24, 2.45) is 5.92 Å². The minimum Gasteiger partial charge on any atom is -0.351 e. The van der Waals surface area contributed by atoms with Crippen molar-refractivity contribution >= 4 is 33.4 Å². The monoisotopic (exact) mass is 317 g/mol. The lowest BCUT2D eigenvalue weighted by Crippen LogP contribution is -2.31. The van der Waals surface area contributed by atoms with Gasteiger partial charge in [-0.25, -0.2) is 0 Å². The minimum absolute atomic E-state index is 0.0827. The van der Waals surface area contributed by atoms with Gasteiger partial charge in [0, 0.05) is 22.0 Å². The quantitative estimate of drug-likeness (QED) is 0.841. The molecule has 1 unspecified atom stereocenters. The van der Waals surface area contributed by atoms with Crippen molar-refractivity contribution < 1.29 is 4.79 Å². The fourth-order valence-corrected chi connectivity index (χ4v) is 1.85. The topological polar surface area (TPSA) is 29.1 Å². The second-order valence-corrected chi connectivity index (χ2v) is 6.10. The number of nitrogens with one attached hydrogen (secondary N) is 1. The van der Waals surface area contributed by atoms with Crippen molar-refractivity contribution in [3.05, 3.63) is 34.3 Å². The van der Waals surface area contributed by atoms with E-state index in [1.165, 1.54) is 0 Å². The van der Waals surface area contributed by atoms with Gasteiger partial charge in [0.2, 0.25) is 0 Å². The van der Waals surface area contributed by atoms with Gasteiger partial charge in [-0.2, -0.15) is 0 Å². The zero-order chi connectivity index (χ0) is 13.0. The third kappa shape index (κ3) is 4.68. The second kappa shape index (κ2) is 6.41. The number of carbonyl (C=O) groups is 1. The molecule has 0 spiro atoms. The van der Waals surface area contributed by atoms with E-state index in [9.17, 15) is 4.79 Å². The highest BCUT2D eigenvalue weighted by molar-refractivity contribution is 9.09.